The highest BCUT2D eigenvalue weighted by molar-refractivity contribution is 6.10. The van der Waals surface area contributed by atoms with E-state index in [2.05, 4.69) is 10.6 Å². The van der Waals surface area contributed by atoms with Crippen LogP contribution in [0.2, 0.25) is 0 Å². The van der Waals surface area contributed by atoms with Gasteiger partial charge in [-0.1, -0.05) is 6.92 Å². The van der Waals surface area contributed by atoms with Crippen molar-refractivity contribution in [2.45, 2.75) is 20.3 Å². The molecule has 0 aromatic heterocycles. The van der Waals surface area contributed by atoms with Crippen LogP contribution in [-0.2, 0) is 0 Å². The number of urea groups is 1. The molecule has 25 heavy (non-hydrogen) atoms. The standard InChI is InChI=1S/C19H21FN2O3/c1-4-9-21-19(24)22-16-11-14(6-8-17(16)25-3)18(23)13-5-7-15(20)12(2)10-13/h5-8,10-11H,4,9H2,1-3H3,(H2,21,22,24). The summed E-state index contributed by atoms with van der Waals surface area (Å²) in [5.74, 6) is -0.178. The van der Waals surface area contributed by atoms with E-state index in [-0.39, 0.29) is 17.6 Å². The molecular formula is C19H21FN2O3. The van der Waals surface area contributed by atoms with Crippen LogP contribution in [0.15, 0.2) is 36.4 Å². The molecule has 0 atom stereocenters. The minimum Gasteiger partial charge on any atom is -0.495 e. The lowest BCUT2D eigenvalue weighted by molar-refractivity contribution is 0.103. The minimum atomic E-state index is -0.373. The molecule has 0 bridgehead atoms. The molecule has 6 heteroatoms. The largest absolute Gasteiger partial charge is 0.495 e. The van der Waals surface area contributed by atoms with Gasteiger partial charge in [0.15, 0.2) is 5.78 Å². The molecule has 0 fully saturated rings. The molecule has 0 unspecified atom stereocenters. The van der Waals surface area contributed by atoms with Crippen molar-refractivity contribution in [3.63, 3.8) is 0 Å². The maximum atomic E-state index is 13.4. The lowest BCUT2D eigenvalue weighted by Gasteiger charge is -2.12. The number of rotatable bonds is 6. The highest BCUT2D eigenvalue weighted by atomic mass is 19.1. The Labute approximate surface area is 146 Å². The molecule has 0 heterocycles. The van der Waals surface area contributed by atoms with Crippen molar-refractivity contribution in [2.24, 2.45) is 0 Å². The molecule has 5 nitrogen and oxygen atoms in total. The number of methoxy groups -OCH3 is 1. The third-order valence-corrected chi connectivity index (χ3v) is 3.67. The number of benzene rings is 2. The van der Waals surface area contributed by atoms with Crippen molar-refractivity contribution in [1.29, 1.82) is 0 Å². The molecule has 2 rings (SSSR count). The number of carbonyl (C=O) groups excluding carboxylic acids is 2. The topological polar surface area (TPSA) is 67.4 Å². The lowest BCUT2D eigenvalue weighted by Crippen LogP contribution is -2.29. The lowest BCUT2D eigenvalue weighted by atomic mass is 10.0. The van der Waals surface area contributed by atoms with Crippen LogP contribution in [0, 0.1) is 12.7 Å². The molecule has 0 aliphatic carbocycles. The first-order valence-corrected chi connectivity index (χ1v) is 8.00. The Balaban J connectivity index is 2.29. The summed E-state index contributed by atoms with van der Waals surface area (Å²) in [6.07, 6.45) is 0.812. The Morgan fingerprint density at radius 3 is 2.44 bits per heavy atom. The second kappa shape index (κ2) is 8.28. The minimum absolute atomic E-state index is 0.261. The zero-order valence-corrected chi connectivity index (χ0v) is 14.5. The molecule has 2 aromatic rings. The molecule has 2 aromatic carbocycles. The normalized spacial score (nSPS) is 10.2. The van der Waals surface area contributed by atoms with Crippen LogP contribution in [0.3, 0.4) is 0 Å². The summed E-state index contributed by atoms with van der Waals surface area (Å²) in [7, 11) is 1.48. The van der Waals surface area contributed by atoms with Gasteiger partial charge in [0, 0.05) is 17.7 Å². The van der Waals surface area contributed by atoms with Crippen LogP contribution in [-0.4, -0.2) is 25.5 Å². The van der Waals surface area contributed by atoms with Crippen LogP contribution in [0.5, 0.6) is 5.75 Å². The van der Waals surface area contributed by atoms with Crippen LogP contribution in [0.4, 0.5) is 14.9 Å². The number of anilines is 1. The zero-order valence-electron chi connectivity index (χ0n) is 14.5. The fourth-order valence-corrected chi connectivity index (χ4v) is 2.30. The Hall–Kier alpha value is -2.89. The maximum Gasteiger partial charge on any atom is 0.319 e. The van der Waals surface area contributed by atoms with Crippen LogP contribution in [0.1, 0.15) is 34.8 Å². The second-order valence-electron chi connectivity index (χ2n) is 5.59. The molecule has 2 N–H and O–H groups in total. The number of carbonyl (C=O) groups is 2. The smallest absolute Gasteiger partial charge is 0.319 e. The van der Waals surface area contributed by atoms with Gasteiger partial charge in [-0.2, -0.15) is 0 Å². The first-order valence-electron chi connectivity index (χ1n) is 8.00. The van der Waals surface area contributed by atoms with Crippen LogP contribution < -0.4 is 15.4 Å². The van der Waals surface area contributed by atoms with Crippen LogP contribution in [0.25, 0.3) is 0 Å². The number of ether oxygens (including phenoxy) is 1. The monoisotopic (exact) mass is 344 g/mol. The van der Waals surface area contributed by atoms with Gasteiger partial charge in [0.05, 0.1) is 12.8 Å². The number of halogens is 1. The van der Waals surface area contributed by atoms with Gasteiger partial charge in [0.2, 0.25) is 0 Å². The molecule has 0 spiro atoms. The summed E-state index contributed by atoms with van der Waals surface area (Å²) in [6.45, 7) is 4.09. The fourth-order valence-electron chi connectivity index (χ4n) is 2.30. The third-order valence-electron chi connectivity index (χ3n) is 3.67. The van der Waals surface area contributed by atoms with Gasteiger partial charge in [-0.05, 0) is 55.3 Å². The molecule has 132 valence electrons. The predicted molar refractivity (Wildman–Crippen MR) is 94.9 cm³/mol. The number of hydrogen-bond acceptors (Lipinski definition) is 3. The van der Waals surface area contributed by atoms with Gasteiger partial charge < -0.3 is 15.4 Å². The summed E-state index contributed by atoms with van der Waals surface area (Å²) in [5.41, 5.74) is 1.54. The van der Waals surface area contributed by atoms with Crippen molar-refractivity contribution < 1.29 is 18.7 Å². The number of amides is 2. The van der Waals surface area contributed by atoms with Gasteiger partial charge in [0.25, 0.3) is 0 Å². The van der Waals surface area contributed by atoms with Gasteiger partial charge in [0.1, 0.15) is 11.6 Å². The number of hydrogen-bond donors (Lipinski definition) is 2. The Bertz CT molecular complexity index is 790. The van der Waals surface area contributed by atoms with Gasteiger partial charge >= 0.3 is 6.03 Å². The van der Waals surface area contributed by atoms with E-state index in [9.17, 15) is 14.0 Å². The predicted octanol–water partition coefficient (Wildman–Crippen LogP) is 3.91. The zero-order chi connectivity index (χ0) is 18.4. The molecule has 0 saturated carbocycles. The van der Waals surface area contributed by atoms with E-state index < -0.39 is 0 Å². The van der Waals surface area contributed by atoms with Crippen molar-refractivity contribution in [3.05, 3.63) is 58.9 Å². The fraction of sp³-hybridized carbons (Fsp3) is 0.263. The molecule has 0 aliphatic heterocycles. The van der Waals surface area contributed by atoms with Crippen molar-refractivity contribution in [2.75, 3.05) is 19.0 Å². The van der Waals surface area contributed by atoms with Crippen molar-refractivity contribution >= 4 is 17.5 Å². The summed E-state index contributed by atoms with van der Waals surface area (Å²) >= 11 is 0. The maximum absolute atomic E-state index is 13.4. The molecule has 0 saturated heterocycles. The third kappa shape index (κ3) is 4.56. The Kier molecular flexibility index (Phi) is 6.11. The summed E-state index contributed by atoms with van der Waals surface area (Å²) < 4.78 is 18.6. The first kappa shape index (κ1) is 18.4. The molecule has 0 aliphatic rings. The Morgan fingerprint density at radius 2 is 1.80 bits per heavy atom. The van der Waals surface area contributed by atoms with E-state index in [1.165, 1.54) is 25.3 Å². The molecule has 0 radical (unpaired) electrons. The highest BCUT2D eigenvalue weighted by Crippen LogP contribution is 2.27. The van der Waals surface area contributed by atoms with E-state index in [4.69, 9.17) is 4.74 Å². The van der Waals surface area contributed by atoms with E-state index in [1.54, 1.807) is 25.1 Å². The van der Waals surface area contributed by atoms with E-state index >= 15 is 0 Å². The van der Waals surface area contributed by atoms with Crippen LogP contribution >= 0.6 is 0 Å². The highest BCUT2D eigenvalue weighted by Gasteiger charge is 2.15. The first-order chi connectivity index (χ1) is 12.0. The summed E-state index contributed by atoms with van der Waals surface area (Å²) in [6, 6.07) is 8.60. The molecule has 2 amide bonds. The average molecular weight is 344 g/mol. The van der Waals surface area contributed by atoms with Gasteiger partial charge in [-0.25, -0.2) is 9.18 Å². The number of aryl methyl sites for hydroxylation is 1. The van der Waals surface area contributed by atoms with E-state index in [1.807, 2.05) is 6.92 Å². The Morgan fingerprint density at radius 1 is 1.12 bits per heavy atom. The van der Waals surface area contributed by atoms with E-state index in [0.717, 1.165) is 6.42 Å². The van der Waals surface area contributed by atoms with E-state index in [0.29, 0.717) is 34.7 Å². The summed E-state index contributed by atoms with van der Waals surface area (Å²) in [4.78, 5) is 24.5. The average Bonchev–Trinajstić information content (AvgIpc) is 2.61. The van der Waals surface area contributed by atoms with Crippen molar-refractivity contribution in [3.8, 4) is 5.75 Å². The second-order valence-corrected chi connectivity index (χ2v) is 5.59. The van der Waals surface area contributed by atoms with Gasteiger partial charge in [-0.3, -0.25) is 4.79 Å². The number of nitrogens with one attached hydrogen (secondary N) is 2. The SMILES string of the molecule is CCCNC(=O)Nc1cc(C(=O)c2ccc(F)c(C)c2)ccc1OC. The number of ketones is 1. The quantitative estimate of drug-likeness (QED) is 0.781. The van der Waals surface area contributed by atoms with Gasteiger partial charge in [-0.15, -0.1) is 0 Å². The molecular weight excluding hydrogens is 323 g/mol. The summed E-state index contributed by atoms with van der Waals surface area (Å²) in [5, 5.41) is 5.37. The van der Waals surface area contributed by atoms with Crippen molar-refractivity contribution in [1.82, 2.24) is 5.32 Å².